The van der Waals surface area contributed by atoms with Gasteiger partial charge in [0.25, 0.3) is 0 Å². The van der Waals surface area contributed by atoms with Gasteiger partial charge < -0.3 is 4.52 Å². The zero-order valence-electron chi connectivity index (χ0n) is 14.7. The van der Waals surface area contributed by atoms with E-state index >= 15 is 0 Å². The van der Waals surface area contributed by atoms with Crippen molar-refractivity contribution in [3.8, 4) is 0 Å². The molecule has 1 aromatic carbocycles. The minimum atomic E-state index is -0.115. The summed E-state index contributed by atoms with van der Waals surface area (Å²) in [6.45, 7) is 6.67. The maximum absolute atomic E-state index is 14.1. The van der Waals surface area contributed by atoms with Gasteiger partial charge in [-0.2, -0.15) is 4.98 Å². The molecule has 2 heterocycles. The Kier molecular flexibility index (Phi) is 4.81. The van der Waals surface area contributed by atoms with Crippen LogP contribution in [0.1, 0.15) is 55.4 Å². The van der Waals surface area contributed by atoms with Crippen LogP contribution in [-0.2, 0) is 6.54 Å². The summed E-state index contributed by atoms with van der Waals surface area (Å²) in [5.74, 6) is 1.98. The van der Waals surface area contributed by atoms with Crippen LogP contribution in [-0.4, -0.2) is 46.1 Å². The van der Waals surface area contributed by atoms with Crippen molar-refractivity contribution in [1.82, 2.24) is 19.9 Å². The predicted molar refractivity (Wildman–Crippen MR) is 92.6 cm³/mol. The molecule has 2 fully saturated rings. The van der Waals surface area contributed by atoms with Crippen molar-refractivity contribution in [2.24, 2.45) is 0 Å². The Labute approximate surface area is 147 Å². The smallest absolute Gasteiger partial charge is 0.229 e. The molecule has 1 aromatic heterocycles. The molecular formula is C19H25FN4O. The SMILES string of the molecule is CC(c1ccccc1F)N1CCCN(Cc2noc(C3CC3)n2)CC1. The molecule has 134 valence electrons. The van der Waals surface area contributed by atoms with Crippen LogP contribution in [0.4, 0.5) is 4.39 Å². The molecule has 1 unspecified atom stereocenters. The highest BCUT2D eigenvalue weighted by Crippen LogP contribution is 2.38. The summed E-state index contributed by atoms with van der Waals surface area (Å²) < 4.78 is 19.4. The molecule has 0 spiro atoms. The molecule has 4 rings (SSSR count). The lowest BCUT2D eigenvalue weighted by atomic mass is 10.1. The van der Waals surface area contributed by atoms with Crippen molar-refractivity contribution in [2.75, 3.05) is 26.2 Å². The Morgan fingerprint density at radius 2 is 2.04 bits per heavy atom. The standard InChI is InChI=1S/C19H25FN4O/c1-14(16-5-2-3-6-17(16)20)24-10-4-9-23(11-12-24)13-18-21-19(25-22-18)15-7-8-15/h2-3,5-6,14-15H,4,7-13H2,1H3. The van der Waals surface area contributed by atoms with Gasteiger partial charge in [-0.05, 0) is 38.8 Å². The van der Waals surface area contributed by atoms with Gasteiger partial charge in [-0.3, -0.25) is 9.80 Å². The molecular weight excluding hydrogens is 319 g/mol. The van der Waals surface area contributed by atoms with Gasteiger partial charge >= 0.3 is 0 Å². The molecule has 1 saturated carbocycles. The predicted octanol–water partition coefficient (Wildman–Crippen LogP) is 3.36. The molecule has 1 aliphatic carbocycles. The largest absolute Gasteiger partial charge is 0.339 e. The average molecular weight is 344 g/mol. The van der Waals surface area contributed by atoms with Crippen LogP contribution in [0.2, 0.25) is 0 Å². The van der Waals surface area contributed by atoms with Gasteiger partial charge in [-0.25, -0.2) is 4.39 Å². The summed E-state index contributed by atoms with van der Waals surface area (Å²) in [7, 11) is 0. The molecule has 1 aliphatic heterocycles. The number of hydrogen-bond acceptors (Lipinski definition) is 5. The summed E-state index contributed by atoms with van der Waals surface area (Å²) in [5.41, 5.74) is 0.781. The van der Waals surface area contributed by atoms with Crippen LogP contribution < -0.4 is 0 Å². The number of nitrogens with zero attached hydrogens (tertiary/aromatic N) is 4. The highest BCUT2D eigenvalue weighted by Gasteiger charge is 2.30. The third-order valence-corrected chi connectivity index (χ3v) is 5.30. The quantitative estimate of drug-likeness (QED) is 0.832. The lowest BCUT2D eigenvalue weighted by Gasteiger charge is -2.28. The number of benzene rings is 1. The van der Waals surface area contributed by atoms with E-state index in [0.717, 1.165) is 56.4 Å². The van der Waals surface area contributed by atoms with Crippen LogP contribution in [0.25, 0.3) is 0 Å². The lowest BCUT2D eigenvalue weighted by molar-refractivity contribution is 0.203. The Balaban J connectivity index is 1.35. The first-order chi connectivity index (χ1) is 12.2. The molecule has 1 atom stereocenters. The number of aromatic nitrogens is 2. The van der Waals surface area contributed by atoms with Gasteiger partial charge in [0.2, 0.25) is 5.89 Å². The van der Waals surface area contributed by atoms with Gasteiger partial charge in [-0.15, -0.1) is 0 Å². The van der Waals surface area contributed by atoms with E-state index in [1.807, 2.05) is 12.1 Å². The summed E-state index contributed by atoms with van der Waals surface area (Å²) >= 11 is 0. The maximum Gasteiger partial charge on any atom is 0.229 e. The van der Waals surface area contributed by atoms with Crippen molar-refractivity contribution in [2.45, 2.75) is 44.7 Å². The topological polar surface area (TPSA) is 45.4 Å². The van der Waals surface area contributed by atoms with Crippen molar-refractivity contribution in [3.63, 3.8) is 0 Å². The van der Waals surface area contributed by atoms with Gasteiger partial charge in [-0.1, -0.05) is 23.4 Å². The number of halogens is 1. The molecule has 0 radical (unpaired) electrons. The molecule has 2 aliphatic rings. The van der Waals surface area contributed by atoms with E-state index < -0.39 is 0 Å². The Bertz CT molecular complexity index is 715. The summed E-state index contributed by atoms with van der Waals surface area (Å²) in [4.78, 5) is 9.26. The van der Waals surface area contributed by atoms with Crippen LogP contribution >= 0.6 is 0 Å². The molecule has 0 N–H and O–H groups in total. The monoisotopic (exact) mass is 344 g/mol. The van der Waals surface area contributed by atoms with Gasteiger partial charge in [0.15, 0.2) is 5.82 Å². The first-order valence-electron chi connectivity index (χ1n) is 9.24. The van der Waals surface area contributed by atoms with Gasteiger partial charge in [0.1, 0.15) is 5.82 Å². The second kappa shape index (κ2) is 7.22. The number of rotatable bonds is 5. The maximum atomic E-state index is 14.1. The van der Waals surface area contributed by atoms with Crippen molar-refractivity contribution >= 4 is 0 Å². The average Bonchev–Trinajstić information content (AvgIpc) is 3.40. The van der Waals surface area contributed by atoms with Crippen molar-refractivity contribution < 1.29 is 8.91 Å². The van der Waals surface area contributed by atoms with Gasteiger partial charge in [0.05, 0.1) is 6.54 Å². The highest BCUT2D eigenvalue weighted by molar-refractivity contribution is 5.20. The Morgan fingerprint density at radius 3 is 2.84 bits per heavy atom. The molecule has 5 nitrogen and oxygen atoms in total. The van der Waals surface area contributed by atoms with E-state index in [4.69, 9.17) is 4.52 Å². The molecule has 6 heteroatoms. The lowest BCUT2D eigenvalue weighted by Crippen LogP contribution is -2.32. The number of hydrogen-bond donors (Lipinski definition) is 0. The van der Waals surface area contributed by atoms with E-state index in [9.17, 15) is 4.39 Å². The minimum absolute atomic E-state index is 0.0906. The fourth-order valence-electron chi connectivity index (χ4n) is 3.57. The first-order valence-corrected chi connectivity index (χ1v) is 9.24. The summed E-state index contributed by atoms with van der Waals surface area (Å²) in [5, 5.41) is 4.12. The van der Waals surface area contributed by atoms with Crippen LogP contribution in [0.3, 0.4) is 0 Å². The molecule has 0 amide bonds. The van der Waals surface area contributed by atoms with E-state index in [1.54, 1.807) is 12.1 Å². The zero-order valence-corrected chi connectivity index (χ0v) is 14.7. The zero-order chi connectivity index (χ0) is 17.2. The minimum Gasteiger partial charge on any atom is -0.339 e. The third kappa shape index (κ3) is 3.90. The van der Waals surface area contributed by atoms with E-state index in [-0.39, 0.29) is 11.9 Å². The van der Waals surface area contributed by atoms with E-state index in [0.29, 0.717) is 5.92 Å². The Morgan fingerprint density at radius 1 is 1.20 bits per heavy atom. The first kappa shape index (κ1) is 16.7. The summed E-state index contributed by atoms with van der Waals surface area (Å²) in [6.07, 6.45) is 3.41. The van der Waals surface area contributed by atoms with Crippen LogP contribution in [0.5, 0.6) is 0 Å². The molecule has 2 aromatic rings. The second-order valence-corrected chi connectivity index (χ2v) is 7.19. The Hall–Kier alpha value is -1.79. The van der Waals surface area contributed by atoms with Crippen LogP contribution in [0, 0.1) is 5.82 Å². The normalized spacial score (nSPS) is 21.2. The second-order valence-electron chi connectivity index (χ2n) is 7.19. The fourth-order valence-corrected chi connectivity index (χ4v) is 3.57. The van der Waals surface area contributed by atoms with Crippen LogP contribution in [0.15, 0.2) is 28.8 Å². The molecule has 0 bridgehead atoms. The third-order valence-electron chi connectivity index (χ3n) is 5.30. The molecule has 1 saturated heterocycles. The van der Waals surface area contributed by atoms with Gasteiger partial charge in [0, 0.05) is 37.2 Å². The summed E-state index contributed by atoms with van der Waals surface area (Å²) in [6, 6.07) is 7.18. The molecule has 25 heavy (non-hydrogen) atoms. The van der Waals surface area contributed by atoms with Crippen molar-refractivity contribution in [1.29, 1.82) is 0 Å². The van der Waals surface area contributed by atoms with Crippen molar-refractivity contribution in [3.05, 3.63) is 47.4 Å². The van der Waals surface area contributed by atoms with E-state index in [1.165, 1.54) is 12.8 Å². The fraction of sp³-hybridized carbons (Fsp3) is 0.579. The van der Waals surface area contributed by atoms with E-state index in [2.05, 4.69) is 26.9 Å². The highest BCUT2D eigenvalue weighted by atomic mass is 19.1.